The van der Waals surface area contributed by atoms with E-state index < -0.39 is 0 Å². The zero-order chi connectivity index (χ0) is 14.0. The Morgan fingerprint density at radius 2 is 1.90 bits per heavy atom. The van der Waals surface area contributed by atoms with E-state index in [2.05, 4.69) is 20.8 Å². The van der Waals surface area contributed by atoms with Gasteiger partial charge < -0.3 is 5.32 Å². The molecule has 1 aromatic heterocycles. The van der Waals surface area contributed by atoms with Crippen molar-refractivity contribution in [2.45, 2.75) is 76.3 Å². The minimum Gasteiger partial charge on any atom is -0.344 e. The standard InChI is InChI=1S/C14H23N5O/c1-11(20)15-14(9-5-6-10-14)13-16-17-18-19(13)12-7-3-2-4-8-12/h12H,2-10H2,1H3,(H,15,20). The summed E-state index contributed by atoms with van der Waals surface area (Å²) in [6.45, 7) is 1.58. The number of tetrazole rings is 1. The van der Waals surface area contributed by atoms with Crippen molar-refractivity contribution in [3.8, 4) is 0 Å². The molecule has 0 spiro atoms. The van der Waals surface area contributed by atoms with Crippen LogP contribution in [0.25, 0.3) is 0 Å². The summed E-state index contributed by atoms with van der Waals surface area (Å²) in [6.07, 6.45) is 10.2. The number of carbonyl (C=O) groups excluding carboxylic acids is 1. The maximum atomic E-state index is 11.6. The van der Waals surface area contributed by atoms with Gasteiger partial charge in [0.05, 0.1) is 6.04 Å². The van der Waals surface area contributed by atoms with Gasteiger partial charge in [-0.15, -0.1) is 5.10 Å². The van der Waals surface area contributed by atoms with Crippen LogP contribution >= 0.6 is 0 Å². The second-order valence-electron chi connectivity index (χ2n) is 6.21. The van der Waals surface area contributed by atoms with E-state index in [-0.39, 0.29) is 11.4 Å². The van der Waals surface area contributed by atoms with Crippen molar-refractivity contribution in [1.29, 1.82) is 0 Å². The van der Waals surface area contributed by atoms with E-state index in [0.29, 0.717) is 6.04 Å². The van der Waals surface area contributed by atoms with Crippen molar-refractivity contribution in [3.05, 3.63) is 5.82 Å². The summed E-state index contributed by atoms with van der Waals surface area (Å²) >= 11 is 0. The molecule has 0 bridgehead atoms. The highest BCUT2D eigenvalue weighted by Gasteiger charge is 2.42. The molecular weight excluding hydrogens is 254 g/mol. The zero-order valence-corrected chi connectivity index (χ0v) is 12.1. The Kier molecular flexibility index (Phi) is 3.72. The van der Waals surface area contributed by atoms with Crippen LogP contribution in [0.1, 0.15) is 76.6 Å². The van der Waals surface area contributed by atoms with Crippen molar-refractivity contribution in [2.24, 2.45) is 0 Å². The number of amides is 1. The third-order valence-corrected chi connectivity index (χ3v) is 4.71. The van der Waals surface area contributed by atoms with Crippen molar-refractivity contribution in [3.63, 3.8) is 0 Å². The van der Waals surface area contributed by atoms with E-state index in [1.165, 1.54) is 19.3 Å². The third-order valence-electron chi connectivity index (χ3n) is 4.71. The number of hydrogen-bond donors (Lipinski definition) is 1. The first kappa shape index (κ1) is 13.5. The molecule has 2 aliphatic rings. The SMILES string of the molecule is CC(=O)NC1(c2nnnn2C2CCCCC2)CCCC1. The zero-order valence-electron chi connectivity index (χ0n) is 12.1. The molecule has 0 radical (unpaired) electrons. The van der Waals surface area contributed by atoms with Gasteiger partial charge in [0, 0.05) is 6.92 Å². The van der Waals surface area contributed by atoms with Gasteiger partial charge in [0.1, 0.15) is 5.54 Å². The lowest BCUT2D eigenvalue weighted by Gasteiger charge is -2.31. The number of aromatic nitrogens is 4. The monoisotopic (exact) mass is 277 g/mol. The van der Waals surface area contributed by atoms with E-state index in [9.17, 15) is 4.79 Å². The maximum Gasteiger partial charge on any atom is 0.217 e. The van der Waals surface area contributed by atoms with Gasteiger partial charge in [0.2, 0.25) is 5.91 Å². The molecule has 20 heavy (non-hydrogen) atoms. The van der Waals surface area contributed by atoms with E-state index >= 15 is 0 Å². The minimum atomic E-state index is -0.340. The van der Waals surface area contributed by atoms with Crippen LogP contribution in [0.15, 0.2) is 0 Å². The molecule has 2 fully saturated rings. The molecule has 3 rings (SSSR count). The fourth-order valence-corrected chi connectivity index (χ4v) is 3.80. The summed E-state index contributed by atoms with van der Waals surface area (Å²) in [7, 11) is 0. The third kappa shape index (κ3) is 2.43. The Morgan fingerprint density at radius 3 is 2.55 bits per heavy atom. The molecule has 6 nitrogen and oxygen atoms in total. The van der Waals surface area contributed by atoms with E-state index in [1.54, 1.807) is 6.92 Å². The summed E-state index contributed by atoms with van der Waals surface area (Å²) in [5.41, 5.74) is -0.340. The summed E-state index contributed by atoms with van der Waals surface area (Å²) < 4.78 is 2.00. The van der Waals surface area contributed by atoms with Gasteiger partial charge in [0.25, 0.3) is 0 Å². The quantitative estimate of drug-likeness (QED) is 0.918. The predicted octanol–water partition coefficient (Wildman–Crippen LogP) is 2.08. The molecule has 0 aromatic carbocycles. The average molecular weight is 277 g/mol. The van der Waals surface area contributed by atoms with E-state index in [0.717, 1.165) is 44.3 Å². The van der Waals surface area contributed by atoms with Gasteiger partial charge in [0.15, 0.2) is 5.82 Å². The fourth-order valence-electron chi connectivity index (χ4n) is 3.80. The lowest BCUT2D eigenvalue weighted by Crippen LogP contribution is -2.45. The van der Waals surface area contributed by atoms with E-state index in [1.807, 2.05) is 4.68 Å². The number of nitrogens with one attached hydrogen (secondary N) is 1. The summed E-state index contributed by atoms with van der Waals surface area (Å²) in [5, 5.41) is 15.6. The molecule has 0 saturated heterocycles. The van der Waals surface area contributed by atoms with Crippen LogP contribution in [0.4, 0.5) is 0 Å². The highest BCUT2D eigenvalue weighted by Crippen LogP contribution is 2.39. The molecule has 2 aliphatic carbocycles. The van der Waals surface area contributed by atoms with Crippen molar-refractivity contribution in [1.82, 2.24) is 25.5 Å². The van der Waals surface area contributed by atoms with Gasteiger partial charge in [-0.2, -0.15) is 0 Å². The van der Waals surface area contributed by atoms with Crippen LogP contribution in [0.3, 0.4) is 0 Å². The number of hydrogen-bond acceptors (Lipinski definition) is 4. The number of nitrogens with zero attached hydrogens (tertiary/aromatic N) is 4. The average Bonchev–Trinajstić information content (AvgIpc) is 3.08. The minimum absolute atomic E-state index is 0.00472. The Bertz CT molecular complexity index is 472. The summed E-state index contributed by atoms with van der Waals surface area (Å²) in [4.78, 5) is 11.6. The van der Waals surface area contributed by atoms with Crippen LogP contribution < -0.4 is 5.32 Å². The van der Waals surface area contributed by atoms with Crippen LogP contribution in [0.2, 0.25) is 0 Å². The van der Waals surface area contributed by atoms with Crippen LogP contribution in [0, 0.1) is 0 Å². The highest BCUT2D eigenvalue weighted by atomic mass is 16.1. The molecule has 1 N–H and O–H groups in total. The molecule has 6 heteroatoms. The molecule has 2 saturated carbocycles. The summed E-state index contributed by atoms with van der Waals surface area (Å²) in [5.74, 6) is 0.877. The van der Waals surface area contributed by atoms with Crippen molar-refractivity contribution in [2.75, 3.05) is 0 Å². The molecule has 0 aliphatic heterocycles. The largest absolute Gasteiger partial charge is 0.344 e. The molecular formula is C14H23N5O. The molecule has 0 unspecified atom stereocenters. The molecule has 1 heterocycles. The second kappa shape index (κ2) is 5.50. The number of rotatable bonds is 3. The normalized spacial score (nSPS) is 22.9. The lowest BCUT2D eigenvalue weighted by atomic mass is 9.92. The van der Waals surface area contributed by atoms with Crippen molar-refractivity contribution >= 4 is 5.91 Å². The predicted molar refractivity (Wildman–Crippen MR) is 73.9 cm³/mol. The van der Waals surface area contributed by atoms with Gasteiger partial charge >= 0.3 is 0 Å². The van der Waals surface area contributed by atoms with Crippen molar-refractivity contribution < 1.29 is 4.79 Å². The molecule has 110 valence electrons. The van der Waals surface area contributed by atoms with Crippen LogP contribution in [-0.4, -0.2) is 26.1 Å². The molecule has 1 aromatic rings. The Balaban J connectivity index is 1.91. The maximum absolute atomic E-state index is 11.6. The van der Waals surface area contributed by atoms with Gasteiger partial charge in [-0.25, -0.2) is 4.68 Å². The summed E-state index contributed by atoms with van der Waals surface area (Å²) in [6, 6.07) is 0.403. The Hall–Kier alpha value is -1.46. The van der Waals surface area contributed by atoms with Gasteiger partial charge in [-0.1, -0.05) is 32.1 Å². The fraction of sp³-hybridized carbons (Fsp3) is 0.857. The smallest absolute Gasteiger partial charge is 0.217 e. The molecule has 1 amide bonds. The first-order valence-corrected chi connectivity index (χ1v) is 7.78. The van der Waals surface area contributed by atoms with Gasteiger partial charge in [-0.05, 0) is 36.1 Å². The number of carbonyl (C=O) groups is 1. The highest BCUT2D eigenvalue weighted by molar-refractivity contribution is 5.74. The first-order valence-electron chi connectivity index (χ1n) is 7.78. The van der Waals surface area contributed by atoms with Gasteiger partial charge in [-0.3, -0.25) is 4.79 Å². The Morgan fingerprint density at radius 1 is 1.20 bits per heavy atom. The topological polar surface area (TPSA) is 72.7 Å². The lowest BCUT2D eigenvalue weighted by molar-refractivity contribution is -0.121. The van der Waals surface area contributed by atoms with Crippen LogP contribution in [-0.2, 0) is 10.3 Å². The first-order chi connectivity index (χ1) is 9.71. The second-order valence-corrected chi connectivity index (χ2v) is 6.21. The van der Waals surface area contributed by atoms with E-state index in [4.69, 9.17) is 0 Å². The Labute approximate surface area is 119 Å². The van der Waals surface area contributed by atoms with Crippen LogP contribution in [0.5, 0.6) is 0 Å². The molecule has 0 atom stereocenters.